The second-order valence-electron chi connectivity index (χ2n) is 7.43. The number of amides is 1. The van der Waals surface area contributed by atoms with Crippen LogP contribution in [0.3, 0.4) is 0 Å². The van der Waals surface area contributed by atoms with Crippen LogP contribution in [-0.2, 0) is 23.2 Å². The Bertz CT molecular complexity index is 1040. The standard InChI is InChI=1S/C22H24F3N3O4/c1-3-15-5-7-16(8-6-15)20-27-19(32-28-20)11-10-18(29)26-13-12-21(30,22(23,24)25)17-9-4-14(2)31-17/h4-9,30H,3,10-13H2,1-2H3,(H,26,29)/t21-/m0/s1. The number of benzene rings is 1. The van der Waals surface area contributed by atoms with Crippen molar-refractivity contribution in [1.82, 2.24) is 15.5 Å². The van der Waals surface area contributed by atoms with E-state index in [2.05, 4.69) is 15.5 Å². The number of furan rings is 1. The van der Waals surface area contributed by atoms with Gasteiger partial charge in [0.15, 0.2) is 0 Å². The molecule has 172 valence electrons. The van der Waals surface area contributed by atoms with Crippen LogP contribution in [0.15, 0.2) is 45.3 Å². The smallest absolute Gasteiger partial charge is 0.424 e. The van der Waals surface area contributed by atoms with E-state index in [1.807, 2.05) is 31.2 Å². The third-order valence-corrected chi connectivity index (χ3v) is 5.08. The van der Waals surface area contributed by atoms with Crippen molar-refractivity contribution in [3.63, 3.8) is 0 Å². The predicted molar refractivity (Wildman–Crippen MR) is 108 cm³/mol. The summed E-state index contributed by atoms with van der Waals surface area (Å²) in [5, 5.41) is 16.5. The van der Waals surface area contributed by atoms with Gasteiger partial charge in [-0.25, -0.2) is 0 Å². The lowest BCUT2D eigenvalue weighted by molar-refractivity contribution is -0.274. The van der Waals surface area contributed by atoms with Crippen molar-refractivity contribution < 1.29 is 32.0 Å². The highest BCUT2D eigenvalue weighted by atomic mass is 19.4. The van der Waals surface area contributed by atoms with Gasteiger partial charge < -0.3 is 19.4 Å². The van der Waals surface area contributed by atoms with Crippen molar-refractivity contribution in [3.8, 4) is 11.4 Å². The van der Waals surface area contributed by atoms with Gasteiger partial charge in [-0.3, -0.25) is 4.79 Å². The summed E-state index contributed by atoms with van der Waals surface area (Å²) in [7, 11) is 0. The Morgan fingerprint density at radius 2 is 1.88 bits per heavy atom. The van der Waals surface area contributed by atoms with E-state index in [-0.39, 0.29) is 24.5 Å². The quantitative estimate of drug-likeness (QED) is 0.508. The minimum absolute atomic E-state index is 0.0548. The molecular weight excluding hydrogens is 427 g/mol. The molecule has 0 spiro atoms. The molecule has 3 aromatic rings. The fourth-order valence-corrected chi connectivity index (χ4v) is 3.12. The molecule has 1 amide bonds. The van der Waals surface area contributed by atoms with Gasteiger partial charge in [0.1, 0.15) is 11.5 Å². The number of hydrogen-bond donors (Lipinski definition) is 2. The highest BCUT2D eigenvalue weighted by molar-refractivity contribution is 5.76. The monoisotopic (exact) mass is 451 g/mol. The van der Waals surface area contributed by atoms with Gasteiger partial charge in [0, 0.05) is 31.4 Å². The normalized spacial score (nSPS) is 13.7. The number of nitrogens with one attached hydrogen (secondary N) is 1. The first-order valence-electron chi connectivity index (χ1n) is 10.2. The summed E-state index contributed by atoms with van der Waals surface area (Å²) in [6.07, 6.45) is -4.76. The van der Waals surface area contributed by atoms with E-state index in [0.717, 1.165) is 18.1 Å². The van der Waals surface area contributed by atoms with Crippen molar-refractivity contribution in [3.05, 3.63) is 59.4 Å². The molecule has 0 aliphatic carbocycles. The molecule has 32 heavy (non-hydrogen) atoms. The summed E-state index contributed by atoms with van der Waals surface area (Å²) in [6.45, 7) is 3.13. The second-order valence-corrected chi connectivity index (χ2v) is 7.43. The van der Waals surface area contributed by atoms with Gasteiger partial charge in [-0.05, 0) is 31.0 Å². The molecule has 2 heterocycles. The number of rotatable bonds is 9. The highest BCUT2D eigenvalue weighted by Gasteiger charge is 2.56. The van der Waals surface area contributed by atoms with Crippen LogP contribution in [0.4, 0.5) is 13.2 Å². The molecule has 1 atom stereocenters. The van der Waals surface area contributed by atoms with E-state index in [9.17, 15) is 23.1 Å². The Hall–Kier alpha value is -3.14. The Kier molecular flexibility index (Phi) is 7.02. The Balaban J connectivity index is 1.51. The number of hydrogen-bond acceptors (Lipinski definition) is 6. The third kappa shape index (κ3) is 5.37. The van der Waals surface area contributed by atoms with Gasteiger partial charge in [-0.15, -0.1) is 0 Å². The first kappa shape index (κ1) is 23.5. The van der Waals surface area contributed by atoms with Gasteiger partial charge in [-0.2, -0.15) is 18.2 Å². The first-order valence-corrected chi connectivity index (χ1v) is 10.2. The topological polar surface area (TPSA) is 101 Å². The molecular formula is C22H24F3N3O4. The molecule has 0 saturated heterocycles. The summed E-state index contributed by atoms with van der Waals surface area (Å²) in [4.78, 5) is 16.3. The summed E-state index contributed by atoms with van der Waals surface area (Å²) < 4.78 is 50.4. The average Bonchev–Trinajstić information content (AvgIpc) is 3.41. The number of aliphatic hydroxyl groups is 1. The summed E-state index contributed by atoms with van der Waals surface area (Å²) in [6, 6.07) is 10.1. The SMILES string of the molecule is CCc1ccc(-c2noc(CCC(=O)NCC[C@](O)(c3ccc(C)o3)C(F)(F)F)n2)cc1. The molecule has 2 aromatic heterocycles. The number of carbonyl (C=O) groups excluding carboxylic acids is 1. The van der Waals surface area contributed by atoms with Crippen molar-refractivity contribution in [2.24, 2.45) is 0 Å². The molecule has 0 aliphatic rings. The molecule has 0 aliphatic heterocycles. The van der Waals surface area contributed by atoms with Crippen LogP contribution < -0.4 is 5.32 Å². The van der Waals surface area contributed by atoms with Crippen LogP contribution in [0.5, 0.6) is 0 Å². The van der Waals surface area contributed by atoms with E-state index >= 15 is 0 Å². The molecule has 7 nitrogen and oxygen atoms in total. The Morgan fingerprint density at radius 1 is 1.16 bits per heavy atom. The summed E-state index contributed by atoms with van der Waals surface area (Å²) >= 11 is 0. The maximum absolute atomic E-state index is 13.4. The van der Waals surface area contributed by atoms with Gasteiger partial charge in [0.25, 0.3) is 0 Å². The van der Waals surface area contributed by atoms with Crippen LogP contribution in [0.1, 0.15) is 42.7 Å². The van der Waals surface area contributed by atoms with Crippen LogP contribution in [0, 0.1) is 6.92 Å². The molecule has 3 rings (SSSR count). The van der Waals surface area contributed by atoms with E-state index in [1.54, 1.807) is 0 Å². The van der Waals surface area contributed by atoms with Crippen LogP contribution >= 0.6 is 0 Å². The minimum atomic E-state index is -4.96. The largest absolute Gasteiger partial charge is 0.463 e. The zero-order valence-electron chi connectivity index (χ0n) is 17.7. The second kappa shape index (κ2) is 9.56. The van der Waals surface area contributed by atoms with Gasteiger partial charge >= 0.3 is 6.18 Å². The van der Waals surface area contributed by atoms with E-state index in [1.165, 1.54) is 18.6 Å². The summed E-state index contributed by atoms with van der Waals surface area (Å²) in [5.74, 6) is -0.231. The first-order chi connectivity index (χ1) is 15.1. The Labute approximate surface area is 182 Å². The highest BCUT2D eigenvalue weighted by Crippen LogP contribution is 2.42. The molecule has 0 saturated carbocycles. The minimum Gasteiger partial charge on any atom is -0.463 e. The number of alkyl halides is 3. The van der Waals surface area contributed by atoms with Crippen LogP contribution in [-0.4, -0.2) is 33.9 Å². The number of aromatic nitrogens is 2. The maximum Gasteiger partial charge on any atom is 0.424 e. The molecule has 2 N–H and O–H groups in total. The number of carbonyl (C=O) groups is 1. The molecule has 0 radical (unpaired) electrons. The molecule has 0 unspecified atom stereocenters. The van der Waals surface area contributed by atoms with Crippen molar-refractivity contribution in [2.45, 2.75) is 51.3 Å². The maximum atomic E-state index is 13.4. The molecule has 10 heteroatoms. The van der Waals surface area contributed by atoms with Gasteiger partial charge in [0.05, 0.1) is 0 Å². The molecule has 1 aromatic carbocycles. The fourth-order valence-electron chi connectivity index (χ4n) is 3.12. The van der Waals surface area contributed by atoms with Crippen molar-refractivity contribution in [1.29, 1.82) is 0 Å². The number of nitrogens with zero attached hydrogens (tertiary/aromatic N) is 2. The fraction of sp³-hybridized carbons (Fsp3) is 0.409. The lowest BCUT2D eigenvalue weighted by Gasteiger charge is -2.28. The average molecular weight is 451 g/mol. The van der Waals surface area contributed by atoms with Crippen LogP contribution in [0.25, 0.3) is 11.4 Å². The lowest BCUT2D eigenvalue weighted by Crippen LogP contribution is -2.44. The predicted octanol–water partition coefficient (Wildman–Crippen LogP) is 4.09. The number of aryl methyl sites for hydroxylation is 3. The van der Waals surface area contributed by atoms with Crippen LogP contribution in [0.2, 0.25) is 0 Å². The van der Waals surface area contributed by atoms with E-state index in [0.29, 0.717) is 5.82 Å². The number of halogens is 3. The van der Waals surface area contributed by atoms with Gasteiger partial charge in [-0.1, -0.05) is 36.3 Å². The van der Waals surface area contributed by atoms with Crippen molar-refractivity contribution >= 4 is 5.91 Å². The Morgan fingerprint density at radius 3 is 2.47 bits per heavy atom. The zero-order valence-corrected chi connectivity index (χ0v) is 17.7. The molecule has 0 fully saturated rings. The van der Waals surface area contributed by atoms with Crippen molar-refractivity contribution in [2.75, 3.05) is 6.54 Å². The lowest BCUT2D eigenvalue weighted by atomic mass is 9.95. The molecule has 0 bridgehead atoms. The van der Waals surface area contributed by atoms with E-state index in [4.69, 9.17) is 8.94 Å². The van der Waals surface area contributed by atoms with Gasteiger partial charge in [0.2, 0.25) is 23.2 Å². The zero-order chi connectivity index (χ0) is 23.4. The third-order valence-electron chi connectivity index (χ3n) is 5.08. The van der Waals surface area contributed by atoms with E-state index < -0.39 is 36.4 Å². The summed E-state index contributed by atoms with van der Waals surface area (Å²) in [5.41, 5.74) is -1.24.